The Kier molecular flexibility index (Phi) is 5.80. The van der Waals surface area contributed by atoms with Gasteiger partial charge in [-0.25, -0.2) is 9.78 Å². The highest BCUT2D eigenvalue weighted by atomic mass is 16.4. The van der Waals surface area contributed by atoms with Gasteiger partial charge >= 0.3 is 5.97 Å². The molecule has 0 saturated heterocycles. The molecular formula is C29H33N3O2. The average Bonchev–Trinajstić information content (AvgIpc) is 3.46. The first-order chi connectivity index (χ1) is 16.3. The first-order valence-corrected chi connectivity index (χ1v) is 12.3. The second-order valence-corrected chi connectivity index (χ2v) is 10.6. The van der Waals surface area contributed by atoms with Crippen molar-refractivity contribution in [2.45, 2.75) is 70.4 Å². The summed E-state index contributed by atoms with van der Waals surface area (Å²) in [6.45, 7) is 6.64. The molecule has 1 aromatic heterocycles. The lowest BCUT2D eigenvalue weighted by Gasteiger charge is -2.24. The van der Waals surface area contributed by atoms with Gasteiger partial charge in [0, 0.05) is 18.2 Å². The maximum absolute atomic E-state index is 12.2. The number of carbonyl (C=O) groups is 1. The topological polar surface area (TPSA) is 65.5 Å². The van der Waals surface area contributed by atoms with Crippen LogP contribution in [0.5, 0.6) is 0 Å². The molecule has 0 radical (unpaired) electrons. The Morgan fingerprint density at radius 1 is 1.00 bits per heavy atom. The van der Waals surface area contributed by atoms with Crippen LogP contribution >= 0.6 is 0 Å². The number of carboxylic acid groups (broad SMARTS) is 1. The van der Waals surface area contributed by atoms with Crippen molar-refractivity contribution < 1.29 is 9.90 Å². The molecule has 5 nitrogen and oxygen atoms in total. The van der Waals surface area contributed by atoms with Gasteiger partial charge < -0.3 is 15.3 Å². The van der Waals surface area contributed by atoms with E-state index in [1.165, 1.54) is 31.2 Å². The van der Waals surface area contributed by atoms with Crippen LogP contribution in [0.3, 0.4) is 0 Å². The van der Waals surface area contributed by atoms with Crippen LogP contribution < -0.4 is 10.2 Å². The Hall–Kier alpha value is -3.34. The lowest BCUT2D eigenvalue weighted by molar-refractivity contribution is -0.138. The molecule has 3 aromatic rings. The molecule has 5 heteroatoms. The number of aromatic nitrogens is 1. The minimum atomic E-state index is -0.831. The molecule has 2 N–H and O–H groups in total. The summed E-state index contributed by atoms with van der Waals surface area (Å²) in [6.07, 6.45) is 7.23. The molecule has 2 heterocycles. The van der Waals surface area contributed by atoms with Crippen molar-refractivity contribution in [3.05, 3.63) is 71.9 Å². The average molecular weight is 456 g/mol. The maximum atomic E-state index is 12.2. The van der Waals surface area contributed by atoms with Crippen molar-refractivity contribution in [2.75, 3.05) is 10.2 Å². The second kappa shape index (κ2) is 8.79. The van der Waals surface area contributed by atoms with Crippen LogP contribution in [0.2, 0.25) is 0 Å². The fourth-order valence-corrected chi connectivity index (χ4v) is 5.19. The van der Waals surface area contributed by atoms with Crippen LogP contribution in [0.15, 0.2) is 60.8 Å². The smallest absolute Gasteiger partial charge is 0.327 e. The normalized spacial score (nSPS) is 18.2. The van der Waals surface area contributed by atoms with E-state index >= 15 is 0 Å². The molecule has 0 amide bonds. The predicted molar refractivity (Wildman–Crippen MR) is 138 cm³/mol. The van der Waals surface area contributed by atoms with Gasteiger partial charge in [0.15, 0.2) is 0 Å². The summed E-state index contributed by atoms with van der Waals surface area (Å²) in [6, 6.07) is 18.7. The first-order valence-electron chi connectivity index (χ1n) is 12.3. The Labute approximate surface area is 201 Å². The number of anilines is 3. The molecule has 5 rings (SSSR count). The number of benzene rings is 2. The van der Waals surface area contributed by atoms with Crippen LogP contribution in [0.4, 0.5) is 17.2 Å². The van der Waals surface area contributed by atoms with Crippen molar-refractivity contribution in [3.8, 4) is 11.1 Å². The summed E-state index contributed by atoms with van der Waals surface area (Å²) in [7, 11) is 0. The number of nitrogens with zero attached hydrogens (tertiary/aromatic N) is 2. The fourth-order valence-electron chi connectivity index (χ4n) is 5.19. The van der Waals surface area contributed by atoms with Crippen molar-refractivity contribution in [3.63, 3.8) is 0 Å². The quantitative estimate of drug-likeness (QED) is 0.457. The van der Waals surface area contributed by atoms with E-state index in [2.05, 4.69) is 67.5 Å². The highest BCUT2D eigenvalue weighted by Gasteiger charge is 2.36. The van der Waals surface area contributed by atoms with Gasteiger partial charge in [-0.3, -0.25) is 0 Å². The van der Waals surface area contributed by atoms with Crippen LogP contribution in [-0.2, 0) is 16.6 Å². The van der Waals surface area contributed by atoms with Gasteiger partial charge in [0.05, 0.1) is 11.9 Å². The molecular weight excluding hydrogens is 422 g/mol. The minimum Gasteiger partial charge on any atom is -0.480 e. The number of nitrogens with one attached hydrogen (secondary N) is 1. The van der Waals surface area contributed by atoms with Gasteiger partial charge in [0.2, 0.25) is 0 Å². The van der Waals surface area contributed by atoms with E-state index in [0.29, 0.717) is 18.3 Å². The molecule has 0 spiro atoms. The summed E-state index contributed by atoms with van der Waals surface area (Å²) in [5, 5.41) is 13.5. The molecule has 176 valence electrons. The second-order valence-electron chi connectivity index (χ2n) is 10.6. The lowest BCUT2D eigenvalue weighted by Crippen LogP contribution is -2.35. The van der Waals surface area contributed by atoms with E-state index in [9.17, 15) is 9.90 Å². The Morgan fingerprint density at radius 3 is 2.32 bits per heavy atom. The number of hydrogen-bond donors (Lipinski definition) is 2. The van der Waals surface area contributed by atoms with E-state index < -0.39 is 12.0 Å². The molecule has 2 aliphatic rings. The maximum Gasteiger partial charge on any atom is 0.327 e. The standard InChI is InChI=1S/C29H33N3O2/c1-29(2,3)22-11-8-19(9-12-22)20-10-14-25-21(16-20)17-26(28(33)34)32(25)27-15-13-24(18-30-27)31-23-6-4-5-7-23/h8-16,18,23,26,31H,4-7,17H2,1-3H3,(H,33,34). The Morgan fingerprint density at radius 2 is 1.71 bits per heavy atom. The number of hydrogen-bond acceptors (Lipinski definition) is 4. The fraction of sp³-hybridized carbons (Fsp3) is 0.379. The highest BCUT2D eigenvalue weighted by Crippen LogP contribution is 2.40. The number of carboxylic acids is 1. The molecule has 2 aromatic carbocycles. The number of pyridine rings is 1. The molecule has 1 fully saturated rings. The highest BCUT2D eigenvalue weighted by molar-refractivity contribution is 5.87. The third-order valence-electron chi connectivity index (χ3n) is 7.15. The summed E-state index contributed by atoms with van der Waals surface area (Å²) in [4.78, 5) is 18.7. The first kappa shape index (κ1) is 22.5. The molecule has 1 aliphatic carbocycles. The van der Waals surface area contributed by atoms with Crippen molar-refractivity contribution in [2.24, 2.45) is 0 Å². The third kappa shape index (κ3) is 4.39. The monoisotopic (exact) mass is 455 g/mol. The molecule has 34 heavy (non-hydrogen) atoms. The SMILES string of the molecule is CC(C)(C)c1ccc(-c2ccc3c(c2)CC(C(=O)O)N3c2ccc(NC3CCCC3)cn2)cc1. The Bertz CT molecular complexity index is 1170. The molecule has 1 unspecified atom stereocenters. The molecule has 1 saturated carbocycles. The molecule has 1 atom stereocenters. The van der Waals surface area contributed by atoms with Crippen LogP contribution in [0.25, 0.3) is 11.1 Å². The predicted octanol–water partition coefficient (Wildman–Crippen LogP) is 6.55. The van der Waals surface area contributed by atoms with E-state index in [-0.39, 0.29) is 5.41 Å². The largest absolute Gasteiger partial charge is 0.480 e. The zero-order valence-electron chi connectivity index (χ0n) is 20.2. The third-order valence-corrected chi connectivity index (χ3v) is 7.15. The van der Waals surface area contributed by atoms with Crippen molar-refractivity contribution >= 4 is 23.2 Å². The van der Waals surface area contributed by atoms with Crippen LogP contribution in [0, 0.1) is 0 Å². The molecule has 1 aliphatic heterocycles. The van der Waals surface area contributed by atoms with E-state index in [0.717, 1.165) is 28.1 Å². The molecule has 0 bridgehead atoms. The number of fused-ring (bicyclic) bond motifs is 1. The van der Waals surface area contributed by atoms with Crippen LogP contribution in [0.1, 0.15) is 57.6 Å². The summed E-state index contributed by atoms with van der Waals surface area (Å²) in [5.41, 5.74) is 6.62. The summed E-state index contributed by atoms with van der Waals surface area (Å²) in [5.74, 6) is -0.160. The van der Waals surface area contributed by atoms with Crippen molar-refractivity contribution in [1.29, 1.82) is 0 Å². The van der Waals surface area contributed by atoms with Gasteiger partial charge in [-0.1, -0.05) is 63.9 Å². The van der Waals surface area contributed by atoms with Gasteiger partial charge in [-0.2, -0.15) is 0 Å². The van der Waals surface area contributed by atoms with E-state index in [1.807, 2.05) is 29.3 Å². The minimum absolute atomic E-state index is 0.112. The van der Waals surface area contributed by atoms with Crippen molar-refractivity contribution in [1.82, 2.24) is 4.98 Å². The zero-order valence-corrected chi connectivity index (χ0v) is 20.2. The van der Waals surface area contributed by atoms with E-state index in [1.54, 1.807) is 0 Å². The van der Waals surface area contributed by atoms with Gasteiger partial charge in [-0.05, 0) is 64.8 Å². The number of rotatable bonds is 5. The van der Waals surface area contributed by atoms with Gasteiger partial charge in [0.1, 0.15) is 11.9 Å². The summed E-state index contributed by atoms with van der Waals surface area (Å²) < 4.78 is 0. The zero-order chi connectivity index (χ0) is 23.9. The van der Waals surface area contributed by atoms with E-state index in [4.69, 9.17) is 0 Å². The van der Waals surface area contributed by atoms with Gasteiger partial charge in [-0.15, -0.1) is 0 Å². The summed E-state index contributed by atoms with van der Waals surface area (Å²) >= 11 is 0. The lowest BCUT2D eigenvalue weighted by atomic mass is 9.86. The Balaban J connectivity index is 1.42. The van der Waals surface area contributed by atoms with Crippen LogP contribution in [-0.4, -0.2) is 28.1 Å². The van der Waals surface area contributed by atoms with Gasteiger partial charge in [0.25, 0.3) is 0 Å². The number of aliphatic carboxylic acids is 1.